The van der Waals surface area contributed by atoms with Crippen molar-refractivity contribution in [1.29, 1.82) is 0 Å². The second-order valence-electron chi connectivity index (χ2n) is 5.23. The fourth-order valence-electron chi connectivity index (χ4n) is 2.63. The van der Waals surface area contributed by atoms with Crippen LogP contribution >= 0.6 is 0 Å². The van der Waals surface area contributed by atoms with Gasteiger partial charge in [-0.05, 0) is 19.8 Å². The van der Waals surface area contributed by atoms with Crippen LogP contribution < -0.4 is 4.74 Å². The molecule has 1 aliphatic rings. The summed E-state index contributed by atoms with van der Waals surface area (Å²) in [5.74, 6) is 0.374. The number of phenols is 1. The van der Waals surface area contributed by atoms with Gasteiger partial charge < -0.3 is 9.84 Å². The molecule has 0 saturated heterocycles. The van der Waals surface area contributed by atoms with E-state index in [1.54, 1.807) is 6.92 Å². The summed E-state index contributed by atoms with van der Waals surface area (Å²) >= 11 is 0. The number of hydrogen-bond donors (Lipinski definition) is 1. The third kappa shape index (κ3) is 2.21. The summed E-state index contributed by atoms with van der Waals surface area (Å²) in [5.41, 5.74) is 2.07. The van der Waals surface area contributed by atoms with Crippen LogP contribution in [0.15, 0.2) is 48.6 Å². The van der Waals surface area contributed by atoms with Gasteiger partial charge in [-0.1, -0.05) is 43.0 Å². The molecule has 3 heteroatoms. The standard InChI is InChI=1S/C18H16O3/c1-11(2)18(20)21-17-14-9-5-3-7-12(14)16(19)13-8-4-6-10-15(13)17/h3-7,9,19H,1,8,10H2,2H3. The number of phenolic OH excluding ortho intramolecular Hbond substituents is 1. The van der Waals surface area contributed by atoms with Gasteiger partial charge >= 0.3 is 5.97 Å². The molecule has 0 saturated carbocycles. The molecule has 0 spiro atoms. The molecule has 2 aromatic rings. The van der Waals surface area contributed by atoms with E-state index in [0.29, 0.717) is 29.6 Å². The Hall–Kier alpha value is -2.55. The molecule has 0 aromatic heterocycles. The largest absolute Gasteiger partial charge is 0.507 e. The molecule has 2 aromatic carbocycles. The van der Waals surface area contributed by atoms with E-state index in [9.17, 15) is 9.90 Å². The SMILES string of the molecule is C=C(C)C(=O)Oc1c2c(c(O)c3ccccc13)CC=CC2. The molecule has 0 unspecified atom stereocenters. The molecular weight excluding hydrogens is 264 g/mol. The second kappa shape index (κ2) is 5.09. The maximum atomic E-state index is 11.9. The first-order valence-electron chi connectivity index (χ1n) is 6.87. The van der Waals surface area contributed by atoms with Crippen molar-refractivity contribution in [1.82, 2.24) is 0 Å². The Morgan fingerprint density at radius 3 is 2.43 bits per heavy atom. The van der Waals surface area contributed by atoms with E-state index in [-0.39, 0.29) is 5.75 Å². The van der Waals surface area contributed by atoms with Crippen LogP contribution in [-0.2, 0) is 17.6 Å². The minimum atomic E-state index is -0.442. The summed E-state index contributed by atoms with van der Waals surface area (Å²) < 4.78 is 5.56. The Bertz CT molecular complexity index is 785. The Balaban J connectivity index is 2.28. The van der Waals surface area contributed by atoms with E-state index < -0.39 is 5.97 Å². The minimum Gasteiger partial charge on any atom is -0.507 e. The third-order valence-electron chi connectivity index (χ3n) is 3.70. The quantitative estimate of drug-likeness (QED) is 0.395. The molecule has 0 amide bonds. The van der Waals surface area contributed by atoms with Crippen molar-refractivity contribution in [2.75, 3.05) is 0 Å². The zero-order valence-corrected chi connectivity index (χ0v) is 11.8. The number of esters is 1. The van der Waals surface area contributed by atoms with E-state index in [4.69, 9.17) is 4.74 Å². The van der Waals surface area contributed by atoms with Crippen LogP contribution in [0.2, 0.25) is 0 Å². The topological polar surface area (TPSA) is 46.5 Å². The molecule has 21 heavy (non-hydrogen) atoms. The molecule has 0 aliphatic heterocycles. The maximum absolute atomic E-state index is 11.9. The number of benzene rings is 2. The van der Waals surface area contributed by atoms with E-state index in [1.165, 1.54) is 0 Å². The summed E-state index contributed by atoms with van der Waals surface area (Å²) in [6, 6.07) is 7.42. The zero-order chi connectivity index (χ0) is 15.0. The highest BCUT2D eigenvalue weighted by atomic mass is 16.5. The average Bonchev–Trinajstić information content (AvgIpc) is 2.51. The van der Waals surface area contributed by atoms with Gasteiger partial charge in [0.2, 0.25) is 0 Å². The number of allylic oxidation sites excluding steroid dienone is 2. The van der Waals surface area contributed by atoms with Crippen LogP contribution in [0.1, 0.15) is 18.1 Å². The molecule has 3 nitrogen and oxygen atoms in total. The molecule has 0 heterocycles. The van der Waals surface area contributed by atoms with Crippen molar-refractivity contribution in [3.8, 4) is 11.5 Å². The van der Waals surface area contributed by atoms with Crippen molar-refractivity contribution in [3.63, 3.8) is 0 Å². The summed E-state index contributed by atoms with van der Waals surface area (Å²) in [7, 11) is 0. The predicted molar refractivity (Wildman–Crippen MR) is 82.6 cm³/mol. The fraction of sp³-hybridized carbons (Fsp3) is 0.167. The van der Waals surface area contributed by atoms with Crippen molar-refractivity contribution >= 4 is 16.7 Å². The Morgan fingerprint density at radius 2 is 1.76 bits per heavy atom. The number of fused-ring (bicyclic) bond motifs is 2. The van der Waals surface area contributed by atoms with Gasteiger partial charge in [0.25, 0.3) is 0 Å². The van der Waals surface area contributed by atoms with Crippen LogP contribution in [0.3, 0.4) is 0 Å². The minimum absolute atomic E-state index is 0.278. The highest BCUT2D eigenvalue weighted by molar-refractivity contribution is 5.99. The van der Waals surface area contributed by atoms with E-state index in [0.717, 1.165) is 16.5 Å². The van der Waals surface area contributed by atoms with Crippen molar-refractivity contribution in [2.24, 2.45) is 0 Å². The lowest BCUT2D eigenvalue weighted by Crippen LogP contribution is -2.12. The molecule has 0 radical (unpaired) electrons. The van der Waals surface area contributed by atoms with Crippen LogP contribution in [0.4, 0.5) is 0 Å². The van der Waals surface area contributed by atoms with Gasteiger partial charge in [0, 0.05) is 27.5 Å². The third-order valence-corrected chi connectivity index (χ3v) is 3.70. The van der Waals surface area contributed by atoms with Gasteiger partial charge in [-0.25, -0.2) is 4.79 Å². The molecule has 106 valence electrons. The van der Waals surface area contributed by atoms with Crippen LogP contribution in [-0.4, -0.2) is 11.1 Å². The predicted octanol–water partition coefficient (Wildman–Crippen LogP) is 3.68. The average molecular weight is 280 g/mol. The smallest absolute Gasteiger partial charge is 0.338 e. The lowest BCUT2D eigenvalue weighted by atomic mass is 9.91. The summed E-state index contributed by atoms with van der Waals surface area (Å²) in [4.78, 5) is 11.9. The van der Waals surface area contributed by atoms with Crippen LogP contribution in [0.5, 0.6) is 11.5 Å². The number of aromatic hydroxyl groups is 1. The first kappa shape index (κ1) is 13.4. The summed E-state index contributed by atoms with van der Waals surface area (Å²) in [5, 5.41) is 11.9. The highest BCUT2D eigenvalue weighted by Crippen LogP contribution is 2.42. The second-order valence-corrected chi connectivity index (χ2v) is 5.23. The van der Waals surface area contributed by atoms with Gasteiger partial charge in [0.05, 0.1) is 0 Å². The Kier molecular flexibility index (Phi) is 3.26. The van der Waals surface area contributed by atoms with Gasteiger partial charge in [-0.3, -0.25) is 0 Å². The van der Waals surface area contributed by atoms with Gasteiger partial charge in [-0.15, -0.1) is 0 Å². The van der Waals surface area contributed by atoms with E-state index >= 15 is 0 Å². The lowest BCUT2D eigenvalue weighted by Gasteiger charge is -2.20. The van der Waals surface area contributed by atoms with E-state index in [1.807, 2.05) is 36.4 Å². The first-order valence-corrected chi connectivity index (χ1v) is 6.87. The van der Waals surface area contributed by atoms with Crippen LogP contribution in [0.25, 0.3) is 10.8 Å². The maximum Gasteiger partial charge on any atom is 0.338 e. The zero-order valence-electron chi connectivity index (χ0n) is 11.8. The van der Waals surface area contributed by atoms with Gasteiger partial charge in [-0.2, -0.15) is 0 Å². The molecule has 0 atom stereocenters. The number of rotatable bonds is 2. The fourth-order valence-corrected chi connectivity index (χ4v) is 2.63. The number of hydrogen-bond acceptors (Lipinski definition) is 3. The van der Waals surface area contributed by atoms with Gasteiger partial charge in [0.1, 0.15) is 11.5 Å². The first-order chi connectivity index (χ1) is 10.1. The van der Waals surface area contributed by atoms with Crippen LogP contribution in [0, 0.1) is 0 Å². The Morgan fingerprint density at radius 1 is 1.14 bits per heavy atom. The number of ether oxygens (including phenoxy) is 1. The van der Waals surface area contributed by atoms with E-state index in [2.05, 4.69) is 6.58 Å². The van der Waals surface area contributed by atoms with Gasteiger partial charge in [0.15, 0.2) is 0 Å². The molecule has 1 N–H and O–H groups in total. The van der Waals surface area contributed by atoms with Crippen molar-refractivity contribution in [3.05, 3.63) is 59.7 Å². The molecule has 3 rings (SSSR count). The highest BCUT2D eigenvalue weighted by Gasteiger charge is 2.22. The summed E-state index contributed by atoms with van der Waals surface area (Å²) in [6.45, 7) is 5.25. The molecule has 0 bridgehead atoms. The number of carbonyl (C=O) groups is 1. The molecule has 1 aliphatic carbocycles. The normalized spacial score (nSPS) is 13.0. The monoisotopic (exact) mass is 280 g/mol. The van der Waals surface area contributed by atoms with Crippen molar-refractivity contribution < 1.29 is 14.6 Å². The number of carbonyl (C=O) groups excluding carboxylic acids is 1. The molecule has 0 fully saturated rings. The lowest BCUT2D eigenvalue weighted by molar-refractivity contribution is -0.130. The van der Waals surface area contributed by atoms with Crippen molar-refractivity contribution in [2.45, 2.75) is 19.8 Å². The molecular formula is C18H16O3. The Labute approximate surface area is 123 Å². The summed E-state index contributed by atoms with van der Waals surface area (Å²) in [6.07, 6.45) is 5.33.